The zero-order valence-corrected chi connectivity index (χ0v) is 18.9. The first-order valence-electron chi connectivity index (χ1n) is 11.3. The van der Waals surface area contributed by atoms with E-state index in [0.717, 1.165) is 18.4 Å². The number of nitrogens with zero attached hydrogens (tertiary/aromatic N) is 2. The summed E-state index contributed by atoms with van der Waals surface area (Å²) in [6.45, 7) is 4.65. The van der Waals surface area contributed by atoms with Crippen LogP contribution in [0.15, 0.2) is 34.9 Å². The molecule has 0 spiro atoms. The summed E-state index contributed by atoms with van der Waals surface area (Å²) < 4.78 is 5.43. The Morgan fingerprint density at radius 1 is 1.23 bits per heavy atom. The van der Waals surface area contributed by atoms with E-state index in [1.807, 2.05) is 12.1 Å². The van der Waals surface area contributed by atoms with Crippen molar-refractivity contribution < 1.29 is 14.1 Å². The minimum absolute atomic E-state index is 0.00109. The van der Waals surface area contributed by atoms with Crippen LogP contribution in [-0.4, -0.2) is 40.5 Å². The second kappa shape index (κ2) is 9.43. The average molecular weight is 444 g/mol. The Kier molecular flexibility index (Phi) is 6.65. The molecule has 2 fully saturated rings. The van der Waals surface area contributed by atoms with Crippen molar-refractivity contribution in [1.29, 1.82) is 0 Å². The van der Waals surface area contributed by atoms with Gasteiger partial charge in [-0.2, -0.15) is 0 Å². The lowest BCUT2D eigenvalue weighted by atomic mass is 9.82. The largest absolute Gasteiger partial charge is 0.350 e. The van der Waals surface area contributed by atoms with Crippen molar-refractivity contribution in [3.05, 3.63) is 41.1 Å². The highest BCUT2D eigenvalue weighted by Gasteiger charge is 2.41. The maximum absolute atomic E-state index is 13.5. The lowest BCUT2D eigenvalue weighted by Crippen LogP contribution is -2.63. The highest BCUT2D eigenvalue weighted by atomic mass is 35.5. The number of halogens is 1. The smallest absolute Gasteiger partial charge is 0.293 e. The SMILES string of the molecule is CC(C)C[C@H]1C(=O)N[C@@H](C2CCCCC2)CN1C(=O)c1cc(-c2ccc(Cl)cc2)no1. The van der Waals surface area contributed by atoms with E-state index in [1.54, 1.807) is 23.1 Å². The van der Waals surface area contributed by atoms with E-state index in [9.17, 15) is 9.59 Å². The van der Waals surface area contributed by atoms with Crippen LogP contribution in [0.5, 0.6) is 0 Å². The summed E-state index contributed by atoms with van der Waals surface area (Å²) in [5.41, 5.74) is 1.40. The Bertz CT molecular complexity index is 918. The Morgan fingerprint density at radius 2 is 1.94 bits per heavy atom. The van der Waals surface area contributed by atoms with E-state index in [2.05, 4.69) is 24.3 Å². The highest BCUT2D eigenvalue weighted by Crippen LogP contribution is 2.31. The second-order valence-electron chi connectivity index (χ2n) is 9.20. The van der Waals surface area contributed by atoms with Gasteiger partial charge in [0.05, 0.1) is 0 Å². The van der Waals surface area contributed by atoms with Crippen molar-refractivity contribution in [2.45, 2.75) is 64.5 Å². The predicted molar refractivity (Wildman–Crippen MR) is 120 cm³/mol. The molecule has 1 aliphatic carbocycles. The van der Waals surface area contributed by atoms with Crippen molar-refractivity contribution in [1.82, 2.24) is 15.4 Å². The molecule has 2 amide bonds. The molecule has 2 aliphatic rings. The van der Waals surface area contributed by atoms with Gasteiger partial charge >= 0.3 is 0 Å². The topological polar surface area (TPSA) is 75.4 Å². The summed E-state index contributed by atoms with van der Waals surface area (Å²) in [5.74, 6) is 0.551. The Morgan fingerprint density at radius 3 is 2.61 bits per heavy atom. The van der Waals surface area contributed by atoms with Gasteiger partial charge in [-0.15, -0.1) is 0 Å². The van der Waals surface area contributed by atoms with Crippen LogP contribution in [0.25, 0.3) is 11.3 Å². The minimum Gasteiger partial charge on any atom is -0.350 e. The molecule has 1 saturated carbocycles. The molecule has 1 aromatic carbocycles. The third kappa shape index (κ3) is 4.95. The standard InChI is InChI=1S/C24H30ClN3O3/c1-15(2)12-21-23(29)26-20(16-6-4-3-5-7-16)14-28(21)24(30)22-13-19(27-31-22)17-8-10-18(25)11-9-17/h8-11,13,15-16,20-21H,3-7,12,14H2,1-2H3,(H,26,29)/t20-,21+/m1/s1. The molecule has 31 heavy (non-hydrogen) atoms. The van der Waals surface area contributed by atoms with Crippen LogP contribution in [0.2, 0.25) is 5.02 Å². The molecule has 166 valence electrons. The van der Waals surface area contributed by atoms with Crippen LogP contribution in [0, 0.1) is 11.8 Å². The summed E-state index contributed by atoms with van der Waals surface area (Å²) in [7, 11) is 0. The van der Waals surface area contributed by atoms with Crippen LogP contribution >= 0.6 is 11.6 Å². The number of nitrogens with one attached hydrogen (secondary N) is 1. The second-order valence-corrected chi connectivity index (χ2v) is 9.64. The fraction of sp³-hybridized carbons (Fsp3) is 0.542. The molecule has 7 heteroatoms. The van der Waals surface area contributed by atoms with Gasteiger partial charge in [0.25, 0.3) is 5.91 Å². The number of piperazine rings is 1. The van der Waals surface area contributed by atoms with Crippen molar-refractivity contribution in [2.24, 2.45) is 11.8 Å². The molecule has 6 nitrogen and oxygen atoms in total. The number of rotatable bonds is 5. The molecular formula is C24H30ClN3O3. The lowest BCUT2D eigenvalue weighted by molar-refractivity contribution is -0.131. The van der Waals surface area contributed by atoms with Crippen molar-refractivity contribution in [3.8, 4) is 11.3 Å². The third-order valence-electron chi connectivity index (χ3n) is 6.44. The van der Waals surface area contributed by atoms with Gasteiger partial charge < -0.3 is 14.7 Å². The maximum atomic E-state index is 13.5. The highest BCUT2D eigenvalue weighted by molar-refractivity contribution is 6.30. The first-order chi connectivity index (χ1) is 14.9. The van der Waals surface area contributed by atoms with Gasteiger partial charge in [0, 0.05) is 29.2 Å². The number of aromatic nitrogens is 1. The lowest BCUT2D eigenvalue weighted by Gasteiger charge is -2.43. The van der Waals surface area contributed by atoms with E-state index >= 15 is 0 Å². The van der Waals surface area contributed by atoms with Gasteiger partial charge in [-0.1, -0.05) is 62.0 Å². The van der Waals surface area contributed by atoms with Crippen LogP contribution in [0.4, 0.5) is 0 Å². The first-order valence-corrected chi connectivity index (χ1v) is 11.6. The van der Waals surface area contributed by atoms with Crippen LogP contribution < -0.4 is 5.32 Å². The van der Waals surface area contributed by atoms with Crippen LogP contribution in [0.3, 0.4) is 0 Å². The monoisotopic (exact) mass is 443 g/mol. The number of benzene rings is 1. The first kappa shape index (κ1) is 21.9. The molecule has 0 bridgehead atoms. The summed E-state index contributed by atoms with van der Waals surface area (Å²) in [6, 6.07) is 8.38. The molecule has 2 aromatic rings. The number of hydrogen-bond acceptors (Lipinski definition) is 4. The Labute approximate surface area is 188 Å². The average Bonchev–Trinajstić information content (AvgIpc) is 3.25. The molecule has 1 saturated heterocycles. The molecule has 0 radical (unpaired) electrons. The van der Waals surface area contributed by atoms with E-state index in [1.165, 1.54) is 19.3 Å². The van der Waals surface area contributed by atoms with E-state index in [0.29, 0.717) is 29.6 Å². The summed E-state index contributed by atoms with van der Waals surface area (Å²) in [4.78, 5) is 28.2. The minimum atomic E-state index is -0.489. The number of hydrogen-bond donors (Lipinski definition) is 1. The summed E-state index contributed by atoms with van der Waals surface area (Å²) in [6.07, 6.45) is 6.45. The van der Waals surface area contributed by atoms with Crippen LogP contribution in [-0.2, 0) is 4.79 Å². The molecule has 1 N–H and O–H groups in total. The van der Waals surface area contributed by atoms with Gasteiger partial charge in [-0.3, -0.25) is 9.59 Å². The molecule has 4 rings (SSSR count). The third-order valence-corrected chi connectivity index (χ3v) is 6.69. The summed E-state index contributed by atoms with van der Waals surface area (Å²) in [5, 5.41) is 7.93. The molecule has 2 atom stereocenters. The van der Waals surface area contributed by atoms with Gasteiger partial charge in [-0.25, -0.2) is 0 Å². The molecule has 1 aromatic heterocycles. The molecule has 1 aliphatic heterocycles. The summed E-state index contributed by atoms with van der Waals surface area (Å²) >= 11 is 5.96. The van der Waals surface area contributed by atoms with E-state index in [4.69, 9.17) is 16.1 Å². The van der Waals surface area contributed by atoms with Crippen LogP contribution in [0.1, 0.15) is 62.9 Å². The Hall–Kier alpha value is -2.34. The number of carbonyl (C=O) groups is 2. The quantitative estimate of drug-likeness (QED) is 0.710. The zero-order chi connectivity index (χ0) is 22.0. The van der Waals surface area contributed by atoms with Gasteiger partial charge in [0.15, 0.2) is 0 Å². The van der Waals surface area contributed by atoms with Crippen molar-refractivity contribution in [3.63, 3.8) is 0 Å². The normalized spacial score (nSPS) is 22.6. The van der Waals surface area contributed by atoms with Gasteiger partial charge in [-0.05, 0) is 43.2 Å². The predicted octanol–water partition coefficient (Wildman–Crippen LogP) is 4.93. The van der Waals surface area contributed by atoms with Gasteiger partial charge in [0.1, 0.15) is 11.7 Å². The Balaban J connectivity index is 1.57. The molecular weight excluding hydrogens is 414 g/mol. The molecule has 0 unspecified atom stereocenters. The number of carbonyl (C=O) groups excluding carboxylic acids is 2. The van der Waals surface area contributed by atoms with Gasteiger partial charge in [0.2, 0.25) is 11.7 Å². The zero-order valence-electron chi connectivity index (χ0n) is 18.1. The van der Waals surface area contributed by atoms with E-state index < -0.39 is 6.04 Å². The van der Waals surface area contributed by atoms with E-state index in [-0.39, 0.29) is 29.5 Å². The fourth-order valence-corrected chi connectivity index (χ4v) is 4.91. The molecule has 2 heterocycles. The maximum Gasteiger partial charge on any atom is 0.293 e. The van der Waals surface area contributed by atoms with Crippen molar-refractivity contribution >= 4 is 23.4 Å². The number of amides is 2. The van der Waals surface area contributed by atoms with Crippen molar-refractivity contribution in [2.75, 3.05) is 6.54 Å². The fourth-order valence-electron chi connectivity index (χ4n) is 4.79.